The molecule has 2 aromatic rings. The van der Waals surface area contributed by atoms with E-state index in [-0.39, 0.29) is 5.91 Å². The van der Waals surface area contributed by atoms with Crippen molar-refractivity contribution in [2.75, 3.05) is 7.05 Å². The summed E-state index contributed by atoms with van der Waals surface area (Å²) >= 11 is 5.11. The number of rotatable bonds is 3. The molecule has 0 N–H and O–H groups in total. The Bertz CT molecular complexity index is 606. The van der Waals surface area contributed by atoms with E-state index in [9.17, 15) is 4.79 Å². The van der Waals surface area contributed by atoms with Crippen molar-refractivity contribution in [3.8, 4) is 0 Å². The fourth-order valence-electron chi connectivity index (χ4n) is 1.88. The Hall–Kier alpha value is -1.13. The number of hydrogen-bond donors (Lipinski definition) is 0. The van der Waals surface area contributed by atoms with Gasteiger partial charge in [-0.3, -0.25) is 4.79 Å². The van der Waals surface area contributed by atoms with Crippen molar-refractivity contribution in [3.63, 3.8) is 0 Å². The third-order valence-electron chi connectivity index (χ3n) is 3.13. The molecule has 4 heteroatoms. The Labute approximate surface area is 126 Å². The maximum atomic E-state index is 12.5. The number of thiophene rings is 1. The summed E-state index contributed by atoms with van der Waals surface area (Å²) in [4.78, 5) is 15.5. The van der Waals surface area contributed by atoms with E-state index in [4.69, 9.17) is 0 Å². The highest BCUT2D eigenvalue weighted by Crippen LogP contribution is 2.21. The van der Waals surface area contributed by atoms with E-state index in [1.165, 1.54) is 10.4 Å². The average molecular weight is 338 g/mol. The van der Waals surface area contributed by atoms with Crippen molar-refractivity contribution in [2.45, 2.75) is 20.4 Å². The molecule has 0 radical (unpaired) electrons. The first-order valence-electron chi connectivity index (χ1n) is 6.03. The zero-order valence-corrected chi connectivity index (χ0v) is 13.6. The third kappa shape index (κ3) is 3.25. The molecular formula is C15H16BrNOS. The highest BCUT2D eigenvalue weighted by atomic mass is 79.9. The molecule has 0 aliphatic rings. The minimum Gasteiger partial charge on any atom is -0.337 e. The van der Waals surface area contributed by atoms with Crippen LogP contribution in [0.25, 0.3) is 0 Å². The third-order valence-corrected chi connectivity index (χ3v) is 4.63. The summed E-state index contributed by atoms with van der Waals surface area (Å²) in [5.74, 6) is 0.0617. The smallest absolute Gasteiger partial charge is 0.254 e. The van der Waals surface area contributed by atoms with Gasteiger partial charge >= 0.3 is 0 Å². The first-order valence-corrected chi connectivity index (χ1v) is 7.71. The van der Waals surface area contributed by atoms with E-state index < -0.39 is 0 Å². The van der Waals surface area contributed by atoms with E-state index in [1.807, 2.05) is 32.2 Å². The molecule has 19 heavy (non-hydrogen) atoms. The van der Waals surface area contributed by atoms with Crippen LogP contribution >= 0.6 is 27.3 Å². The molecule has 0 aliphatic heterocycles. The van der Waals surface area contributed by atoms with Crippen molar-refractivity contribution >= 4 is 33.2 Å². The molecule has 2 nitrogen and oxygen atoms in total. The van der Waals surface area contributed by atoms with Crippen LogP contribution in [0, 0.1) is 13.8 Å². The molecule has 0 bridgehead atoms. The lowest BCUT2D eigenvalue weighted by Crippen LogP contribution is -2.26. The second kappa shape index (κ2) is 5.88. The number of amides is 1. The van der Waals surface area contributed by atoms with Crippen LogP contribution < -0.4 is 0 Å². The molecular weight excluding hydrogens is 322 g/mol. The molecule has 0 atom stereocenters. The van der Waals surface area contributed by atoms with Crippen LogP contribution in [0.1, 0.15) is 26.4 Å². The van der Waals surface area contributed by atoms with Crippen molar-refractivity contribution in [1.29, 1.82) is 0 Å². The van der Waals surface area contributed by atoms with Gasteiger partial charge in [-0.05, 0) is 48.6 Å². The maximum Gasteiger partial charge on any atom is 0.254 e. The quantitative estimate of drug-likeness (QED) is 0.812. The van der Waals surface area contributed by atoms with Crippen molar-refractivity contribution in [2.24, 2.45) is 0 Å². The van der Waals surface area contributed by atoms with Crippen LogP contribution in [0.5, 0.6) is 0 Å². The summed E-state index contributed by atoms with van der Waals surface area (Å²) in [7, 11) is 1.85. The summed E-state index contributed by atoms with van der Waals surface area (Å²) < 4.78 is 0.933. The van der Waals surface area contributed by atoms with E-state index in [0.29, 0.717) is 6.54 Å². The molecule has 0 spiro atoms. The highest BCUT2D eigenvalue weighted by molar-refractivity contribution is 9.10. The summed E-state index contributed by atoms with van der Waals surface area (Å²) in [6.45, 7) is 4.70. The summed E-state index contributed by atoms with van der Waals surface area (Å²) in [5.41, 5.74) is 3.00. The zero-order valence-electron chi connectivity index (χ0n) is 11.2. The molecule has 1 amide bonds. The number of benzene rings is 1. The van der Waals surface area contributed by atoms with Gasteiger partial charge in [0.25, 0.3) is 5.91 Å². The lowest BCUT2D eigenvalue weighted by Gasteiger charge is -2.18. The van der Waals surface area contributed by atoms with Crippen molar-refractivity contribution < 1.29 is 4.79 Å². The van der Waals surface area contributed by atoms with Gasteiger partial charge in [0.15, 0.2) is 0 Å². The molecule has 0 unspecified atom stereocenters. The standard InChI is InChI=1S/C15H16BrNOS/c1-10-4-5-12(16)8-13(10)15(18)17(3)9-14-11(2)6-7-19-14/h4-8H,9H2,1-3H3. The molecule has 0 fully saturated rings. The topological polar surface area (TPSA) is 20.3 Å². The molecule has 0 saturated carbocycles. The predicted octanol–water partition coefficient (Wildman–Crippen LogP) is 4.40. The Morgan fingerprint density at radius 1 is 1.26 bits per heavy atom. The number of carbonyl (C=O) groups is 1. The monoisotopic (exact) mass is 337 g/mol. The Balaban J connectivity index is 2.19. The summed E-state index contributed by atoms with van der Waals surface area (Å²) in [5, 5.41) is 2.06. The molecule has 1 heterocycles. The van der Waals surface area contributed by atoms with Gasteiger partial charge < -0.3 is 4.90 Å². The fourth-order valence-corrected chi connectivity index (χ4v) is 3.20. The van der Waals surface area contributed by atoms with E-state index in [2.05, 4.69) is 34.3 Å². The second-order valence-electron chi connectivity index (χ2n) is 4.65. The average Bonchev–Trinajstić information content (AvgIpc) is 2.77. The van der Waals surface area contributed by atoms with Crippen LogP contribution in [0.3, 0.4) is 0 Å². The van der Waals surface area contributed by atoms with Crippen LogP contribution in [0.4, 0.5) is 0 Å². The molecule has 100 valence electrons. The predicted molar refractivity (Wildman–Crippen MR) is 83.7 cm³/mol. The number of aryl methyl sites for hydroxylation is 2. The van der Waals surface area contributed by atoms with Crippen LogP contribution in [0.15, 0.2) is 34.1 Å². The Kier molecular flexibility index (Phi) is 4.42. The largest absolute Gasteiger partial charge is 0.337 e. The number of carbonyl (C=O) groups excluding carboxylic acids is 1. The van der Waals surface area contributed by atoms with Gasteiger partial charge in [-0.15, -0.1) is 11.3 Å². The van der Waals surface area contributed by atoms with Gasteiger partial charge in [-0.25, -0.2) is 0 Å². The lowest BCUT2D eigenvalue weighted by atomic mass is 10.1. The van der Waals surface area contributed by atoms with Crippen LogP contribution in [-0.2, 0) is 6.54 Å². The van der Waals surface area contributed by atoms with Crippen LogP contribution in [-0.4, -0.2) is 17.9 Å². The normalized spacial score (nSPS) is 10.5. The lowest BCUT2D eigenvalue weighted by molar-refractivity contribution is 0.0785. The Morgan fingerprint density at radius 3 is 2.63 bits per heavy atom. The first kappa shape index (κ1) is 14.3. The van der Waals surface area contributed by atoms with Gasteiger partial charge in [-0.1, -0.05) is 22.0 Å². The molecule has 2 rings (SSSR count). The summed E-state index contributed by atoms with van der Waals surface area (Å²) in [6, 6.07) is 7.88. The highest BCUT2D eigenvalue weighted by Gasteiger charge is 2.15. The second-order valence-corrected chi connectivity index (χ2v) is 6.56. The van der Waals surface area contributed by atoms with Crippen molar-refractivity contribution in [1.82, 2.24) is 4.90 Å². The van der Waals surface area contributed by atoms with Gasteiger partial charge in [-0.2, -0.15) is 0 Å². The van der Waals surface area contributed by atoms with E-state index >= 15 is 0 Å². The summed E-state index contributed by atoms with van der Waals surface area (Å²) in [6.07, 6.45) is 0. The maximum absolute atomic E-state index is 12.5. The molecule has 1 aromatic carbocycles. The SMILES string of the molecule is Cc1ccc(Br)cc1C(=O)N(C)Cc1sccc1C. The van der Waals surface area contributed by atoms with Crippen LogP contribution in [0.2, 0.25) is 0 Å². The zero-order chi connectivity index (χ0) is 14.0. The molecule has 0 saturated heterocycles. The van der Waals surface area contributed by atoms with Gasteiger partial charge in [0.2, 0.25) is 0 Å². The van der Waals surface area contributed by atoms with E-state index in [0.717, 1.165) is 15.6 Å². The number of nitrogens with zero attached hydrogens (tertiary/aromatic N) is 1. The van der Waals surface area contributed by atoms with Gasteiger partial charge in [0.1, 0.15) is 0 Å². The first-order chi connectivity index (χ1) is 8.99. The van der Waals surface area contributed by atoms with Gasteiger partial charge in [0, 0.05) is 22.0 Å². The van der Waals surface area contributed by atoms with E-state index in [1.54, 1.807) is 16.2 Å². The minimum absolute atomic E-state index is 0.0617. The minimum atomic E-state index is 0.0617. The fraction of sp³-hybridized carbons (Fsp3) is 0.267. The molecule has 1 aromatic heterocycles. The van der Waals surface area contributed by atoms with Gasteiger partial charge in [0.05, 0.1) is 6.54 Å². The number of halogens is 1. The number of hydrogen-bond acceptors (Lipinski definition) is 2. The van der Waals surface area contributed by atoms with Crippen molar-refractivity contribution in [3.05, 3.63) is 55.7 Å². The Morgan fingerprint density at radius 2 is 2.00 bits per heavy atom. The molecule has 0 aliphatic carbocycles.